The molecule has 0 aromatic carbocycles. The van der Waals surface area contributed by atoms with E-state index in [2.05, 4.69) is 41.5 Å². The molecule has 0 aliphatic carbocycles. The van der Waals surface area contributed by atoms with Crippen LogP contribution in [0.5, 0.6) is 0 Å². The highest BCUT2D eigenvalue weighted by molar-refractivity contribution is 7.09. The number of nitrogens with zero attached hydrogens (tertiary/aromatic N) is 2. The van der Waals surface area contributed by atoms with E-state index in [4.69, 9.17) is 0 Å². The van der Waals surface area contributed by atoms with Crippen molar-refractivity contribution in [2.24, 2.45) is 0 Å². The molecule has 0 aliphatic heterocycles. The lowest BCUT2D eigenvalue weighted by Gasteiger charge is -1.95. The average molecular weight is 329 g/mol. The Hall–Kier alpha value is -0.740. The molecular formula is C17H32N2S2. The molecule has 21 heavy (non-hydrogen) atoms. The summed E-state index contributed by atoms with van der Waals surface area (Å²) in [7, 11) is 0. The summed E-state index contributed by atoms with van der Waals surface area (Å²) in [4.78, 5) is 8.58. The summed E-state index contributed by atoms with van der Waals surface area (Å²) in [6.45, 7) is 18.5. The molecule has 0 N–H and O–H groups in total. The average Bonchev–Trinajstić information content (AvgIpc) is 3.12. The van der Waals surface area contributed by atoms with Gasteiger partial charge in [-0.15, -0.1) is 22.7 Å². The lowest BCUT2D eigenvalue weighted by molar-refractivity contribution is 0.829. The summed E-state index contributed by atoms with van der Waals surface area (Å²) in [5.74, 6) is 0.579. The van der Waals surface area contributed by atoms with E-state index < -0.39 is 0 Å². The van der Waals surface area contributed by atoms with E-state index in [0.29, 0.717) is 5.92 Å². The van der Waals surface area contributed by atoms with Crippen molar-refractivity contribution in [3.8, 4) is 0 Å². The van der Waals surface area contributed by atoms with Crippen LogP contribution in [0.2, 0.25) is 0 Å². The summed E-state index contributed by atoms with van der Waals surface area (Å²) < 4.78 is 0. The van der Waals surface area contributed by atoms with Crippen molar-refractivity contribution in [2.75, 3.05) is 0 Å². The van der Waals surface area contributed by atoms with Crippen molar-refractivity contribution in [2.45, 2.75) is 74.7 Å². The van der Waals surface area contributed by atoms with E-state index in [1.807, 2.05) is 41.5 Å². The summed E-state index contributed by atoms with van der Waals surface area (Å²) in [5, 5.41) is 6.57. The molecule has 0 unspecified atom stereocenters. The molecule has 122 valence electrons. The number of aryl methyl sites for hydroxylation is 3. The second kappa shape index (κ2) is 14.2. The first-order valence-corrected chi connectivity index (χ1v) is 9.61. The maximum absolute atomic E-state index is 4.33. The van der Waals surface area contributed by atoms with E-state index in [1.165, 1.54) is 21.4 Å². The lowest BCUT2D eigenvalue weighted by atomic mass is 10.2. The predicted octanol–water partition coefficient (Wildman–Crippen LogP) is 6.64. The molecule has 2 nitrogen and oxygen atoms in total. The molecule has 2 heterocycles. The quantitative estimate of drug-likeness (QED) is 0.617. The maximum atomic E-state index is 4.33. The van der Waals surface area contributed by atoms with Crippen LogP contribution in [-0.2, 0) is 6.42 Å². The molecule has 2 aromatic heterocycles. The molecule has 0 atom stereocenters. The molecule has 2 aromatic rings. The molecule has 0 radical (unpaired) electrons. The molecule has 0 fully saturated rings. The number of aromatic nitrogens is 2. The third-order valence-electron chi connectivity index (χ3n) is 2.26. The van der Waals surface area contributed by atoms with Gasteiger partial charge in [-0.05, 0) is 26.2 Å². The second-order valence-corrected chi connectivity index (χ2v) is 6.28. The zero-order valence-corrected chi connectivity index (χ0v) is 16.8. The van der Waals surface area contributed by atoms with Crippen LogP contribution in [-0.4, -0.2) is 9.97 Å². The van der Waals surface area contributed by atoms with Crippen molar-refractivity contribution in [1.82, 2.24) is 9.97 Å². The van der Waals surface area contributed by atoms with E-state index in [-0.39, 0.29) is 0 Å². The van der Waals surface area contributed by atoms with Gasteiger partial charge in [-0.25, -0.2) is 9.97 Å². The summed E-state index contributed by atoms with van der Waals surface area (Å²) in [5.41, 5.74) is 2.44. The van der Waals surface area contributed by atoms with Crippen LogP contribution in [0.4, 0.5) is 0 Å². The first-order valence-electron chi connectivity index (χ1n) is 7.86. The Labute approximate surface area is 139 Å². The van der Waals surface area contributed by atoms with Crippen LogP contribution in [0.1, 0.15) is 75.8 Å². The van der Waals surface area contributed by atoms with Gasteiger partial charge in [0.2, 0.25) is 0 Å². The summed E-state index contributed by atoms with van der Waals surface area (Å²) in [6.07, 6.45) is 1.06. The van der Waals surface area contributed by atoms with E-state index >= 15 is 0 Å². The van der Waals surface area contributed by atoms with Crippen molar-refractivity contribution in [3.05, 3.63) is 32.2 Å². The minimum Gasteiger partial charge on any atom is -0.247 e. The highest BCUT2D eigenvalue weighted by Gasteiger charge is 2.00. The number of rotatable bonds is 2. The van der Waals surface area contributed by atoms with Crippen LogP contribution in [0, 0.1) is 13.8 Å². The minimum atomic E-state index is 0.579. The van der Waals surface area contributed by atoms with Crippen molar-refractivity contribution in [3.63, 3.8) is 0 Å². The van der Waals surface area contributed by atoms with E-state index in [1.54, 1.807) is 22.7 Å². The van der Waals surface area contributed by atoms with E-state index in [0.717, 1.165) is 6.42 Å². The van der Waals surface area contributed by atoms with E-state index in [9.17, 15) is 0 Å². The zero-order chi connectivity index (χ0) is 16.8. The SMILES string of the molecule is CC.CC.CCc1csc(C)n1.Cc1nc(C(C)C)cs1. The molecular weight excluding hydrogens is 296 g/mol. The van der Waals surface area contributed by atoms with Crippen molar-refractivity contribution < 1.29 is 0 Å². The Morgan fingerprint density at radius 2 is 1.38 bits per heavy atom. The molecule has 0 saturated carbocycles. The molecule has 0 bridgehead atoms. The molecule has 0 aliphatic rings. The predicted molar refractivity (Wildman–Crippen MR) is 99.9 cm³/mol. The van der Waals surface area contributed by atoms with Crippen molar-refractivity contribution >= 4 is 22.7 Å². The lowest BCUT2D eigenvalue weighted by Crippen LogP contribution is -1.85. The highest BCUT2D eigenvalue weighted by atomic mass is 32.1. The summed E-state index contributed by atoms with van der Waals surface area (Å²) >= 11 is 3.44. The first kappa shape index (κ1) is 22.5. The Morgan fingerprint density at radius 3 is 1.57 bits per heavy atom. The Morgan fingerprint density at radius 1 is 0.905 bits per heavy atom. The van der Waals surface area contributed by atoms with Gasteiger partial charge in [0, 0.05) is 10.8 Å². The number of hydrogen-bond acceptors (Lipinski definition) is 4. The third-order valence-corrected chi connectivity index (χ3v) is 3.87. The van der Waals surface area contributed by atoms with Crippen LogP contribution < -0.4 is 0 Å². The Kier molecular flexibility index (Phi) is 15.2. The summed E-state index contributed by atoms with van der Waals surface area (Å²) in [6, 6.07) is 0. The molecule has 0 spiro atoms. The van der Waals surface area contributed by atoms with Gasteiger partial charge in [-0.1, -0.05) is 48.5 Å². The van der Waals surface area contributed by atoms with Gasteiger partial charge in [-0.3, -0.25) is 0 Å². The van der Waals surface area contributed by atoms with Gasteiger partial charge in [0.25, 0.3) is 0 Å². The smallest absolute Gasteiger partial charge is 0.0897 e. The Bertz CT molecular complexity index is 445. The molecule has 0 amide bonds. The number of thiazole rings is 2. The van der Waals surface area contributed by atoms with Crippen molar-refractivity contribution in [1.29, 1.82) is 0 Å². The van der Waals surface area contributed by atoms with Gasteiger partial charge < -0.3 is 0 Å². The topological polar surface area (TPSA) is 25.8 Å². The number of hydrogen-bond donors (Lipinski definition) is 0. The monoisotopic (exact) mass is 328 g/mol. The minimum absolute atomic E-state index is 0.579. The molecule has 0 saturated heterocycles. The van der Waals surface area contributed by atoms with Crippen LogP contribution in [0.3, 0.4) is 0 Å². The van der Waals surface area contributed by atoms with Gasteiger partial charge in [-0.2, -0.15) is 0 Å². The standard InChI is InChI=1S/C7H11NS.C6H9NS.2C2H6/c1-5(2)7-4-9-6(3)8-7;1-3-6-4-8-5(2)7-6;2*1-2/h4-5H,1-3H3;4H,3H2,1-2H3;2*1-2H3. The van der Waals surface area contributed by atoms with Gasteiger partial charge in [0.05, 0.1) is 21.4 Å². The fourth-order valence-corrected chi connectivity index (χ4v) is 2.69. The molecule has 4 heteroatoms. The molecule has 2 rings (SSSR count). The van der Waals surface area contributed by atoms with Gasteiger partial charge in [0.1, 0.15) is 0 Å². The van der Waals surface area contributed by atoms with Crippen LogP contribution in [0.15, 0.2) is 10.8 Å². The Balaban J connectivity index is 0. The maximum Gasteiger partial charge on any atom is 0.0897 e. The normalized spacial score (nSPS) is 8.86. The van der Waals surface area contributed by atoms with Gasteiger partial charge in [0.15, 0.2) is 0 Å². The van der Waals surface area contributed by atoms with Crippen LogP contribution >= 0.6 is 22.7 Å². The van der Waals surface area contributed by atoms with Gasteiger partial charge >= 0.3 is 0 Å². The third kappa shape index (κ3) is 10.6. The van der Waals surface area contributed by atoms with Crippen LogP contribution in [0.25, 0.3) is 0 Å². The fourth-order valence-electron chi connectivity index (χ4n) is 1.22. The first-order chi connectivity index (χ1) is 10.0. The second-order valence-electron chi connectivity index (χ2n) is 4.16. The highest BCUT2D eigenvalue weighted by Crippen LogP contribution is 2.16. The zero-order valence-electron chi connectivity index (χ0n) is 15.2. The largest absolute Gasteiger partial charge is 0.247 e. The fraction of sp³-hybridized carbons (Fsp3) is 0.647.